The van der Waals surface area contributed by atoms with Crippen LogP contribution >= 0.6 is 0 Å². The maximum Gasteiger partial charge on any atom is 0.0650 e. The quantitative estimate of drug-likeness (QED) is 0.602. The average Bonchev–Trinajstić information content (AvgIpc) is 2.30. The highest BCUT2D eigenvalue weighted by molar-refractivity contribution is 5.28. The lowest BCUT2D eigenvalue weighted by Gasteiger charge is -2.12. The summed E-state index contributed by atoms with van der Waals surface area (Å²) in [6.45, 7) is 8.28. The van der Waals surface area contributed by atoms with Crippen LogP contribution in [0, 0.1) is 5.92 Å². The second kappa shape index (κ2) is 3.22. The molecule has 0 fully saturated rings. The van der Waals surface area contributed by atoms with Gasteiger partial charge in [-0.1, -0.05) is 17.7 Å². The summed E-state index contributed by atoms with van der Waals surface area (Å²) in [4.78, 5) is 0. The number of hydrogen-bond donors (Lipinski definition) is 1. The Balaban J connectivity index is 2.80. The van der Waals surface area contributed by atoms with Crippen molar-refractivity contribution in [3.63, 3.8) is 0 Å². The van der Waals surface area contributed by atoms with E-state index < -0.39 is 0 Å². The van der Waals surface area contributed by atoms with Gasteiger partial charge in [0.2, 0.25) is 0 Å². The smallest absolute Gasteiger partial charge is 0.0650 e. The zero-order valence-corrected chi connectivity index (χ0v) is 7.35. The first-order valence-electron chi connectivity index (χ1n) is 4.11. The van der Waals surface area contributed by atoms with Gasteiger partial charge in [0.1, 0.15) is 0 Å². The van der Waals surface area contributed by atoms with Crippen LogP contribution in [-0.2, 0) is 0 Å². The monoisotopic (exact) mass is 152 g/mol. The van der Waals surface area contributed by atoms with E-state index in [1.54, 1.807) is 0 Å². The van der Waals surface area contributed by atoms with E-state index in [-0.39, 0.29) is 6.61 Å². The van der Waals surface area contributed by atoms with E-state index in [2.05, 4.69) is 13.5 Å². The van der Waals surface area contributed by atoms with Gasteiger partial charge in [-0.05, 0) is 32.3 Å². The third-order valence-electron chi connectivity index (χ3n) is 2.54. The molecule has 1 N–H and O–H groups in total. The number of hydrogen-bond acceptors (Lipinski definition) is 1. The van der Waals surface area contributed by atoms with Gasteiger partial charge >= 0.3 is 0 Å². The summed E-state index contributed by atoms with van der Waals surface area (Å²) in [5.41, 5.74) is 3.75. The minimum Gasteiger partial charge on any atom is -0.392 e. The molecule has 1 rings (SSSR count). The number of aliphatic hydroxyl groups is 1. The highest BCUT2D eigenvalue weighted by Gasteiger charge is 2.22. The van der Waals surface area contributed by atoms with E-state index in [4.69, 9.17) is 5.11 Å². The lowest BCUT2D eigenvalue weighted by molar-refractivity contribution is 0.320. The van der Waals surface area contributed by atoms with Crippen LogP contribution in [0.2, 0.25) is 0 Å². The van der Waals surface area contributed by atoms with Crippen molar-refractivity contribution in [2.75, 3.05) is 6.61 Å². The summed E-state index contributed by atoms with van der Waals surface area (Å²) in [6.07, 6.45) is 2.28. The van der Waals surface area contributed by atoms with E-state index >= 15 is 0 Å². The first kappa shape index (κ1) is 8.54. The summed E-state index contributed by atoms with van der Waals surface area (Å²) in [5.74, 6) is 0.458. The third kappa shape index (κ3) is 1.54. The van der Waals surface area contributed by atoms with Crippen LogP contribution in [0.4, 0.5) is 0 Å². The van der Waals surface area contributed by atoms with Crippen molar-refractivity contribution in [3.8, 4) is 0 Å². The summed E-state index contributed by atoms with van der Waals surface area (Å²) in [5, 5.41) is 9.06. The fourth-order valence-electron chi connectivity index (χ4n) is 1.78. The van der Waals surface area contributed by atoms with E-state index in [1.807, 2.05) is 6.92 Å². The van der Waals surface area contributed by atoms with Gasteiger partial charge in [0.25, 0.3) is 0 Å². The van der Waals surface area contributed by atoms with Crippen LogP contribution in [0.15, 0.2) is 23.3 Å². The Hall–Kier alpha value is -0.560. The first-order chi connectivity index (χ1) is 5.16. The second-order valence-electron chi connectivity index (χ2n) is 3.40. The van der Waals surface area contributed by atoms with E-state index in [0.717, 1.165) is 12.8 Å². The lowest BCUT2D eigenvalue weighted by atomic mass is 9.95. The molecule has 1 heteroatoms. The minimum atomic E-state index is 0.212. The van der Waals surface area contributed by atoms with Gasteiger partial charge in [-0.2, -0.15) is 0 Å². The summed E-state index contributed by atoms with van der Waals surface area (Å²) in [7, 11) is 0. The van der Waals surface area contributed by atoms with Gasteiger partial charge in [-0.15, -0.1) is 0 Å². The molecule has 1 unspecified atom stereocenters. The fourth-order valence-corrected chi connectivity index (χ4v) is 1.78. The molecule has 0 aromatic rings. The molecule has 0 saturated heterocycles. The Morgan fingerprint density at radius 2 is 2.36 bits per heavy atom. The third-order valence-corrected chi connectivity index (χ3v) is 2.54. The molecule has 0 aromatic heterocycles. The van der Waals surface area contributed by atoms with E-state index in [9.17, 15) is 0 Å². The molecule has 0 spiro atoms. The van der Waals surface area contributed by atoms with Crippen molar-refractivity contribution in [2.24, 2.45) is 5.92 Å². The largest absolute Gasteiger partial charge is 0.392 e. The van der Waals surface area contributed by atoms with Crippen LogP contribution in [-0.4, -0.2) is 11.7 Å². The Morgan fingerprint density at radius 1 is 1.73 bits per heavy atom. The summed E-state index contributed by atoms with van der Waals surface area (Å²) >= 11 is 0. The van der Waals surface area contributed by atoms with Crippen molar-refractivity contribution in [3.05, 3.63) is 23.3 Å². The van der Waals surface area contributed by atoms with Gasteiger partial charge in [-0.25, -0.2) is 0 Å². The molecular weight excluding hydrogens is 136 g/mol. The Kier molecular flexibility index (Phi) is 2.50. The molecule has 0 heterocycles. The predicted octanol–water partition coefficient (Wildman–Crippen LogP) is 2.28. The average molecular weight is 152 g/mol. The Bertz CT molecular complexity index is 201. The van der Waals surface area contributed by atoms with Gasteiger partial charge in [0.05, 0.1) is 6.61 Å². The van der Waals surface area contributed by atoms with Gasteiger partial charge in [-0.3, -0.25) is 0 Å². The Labute approximate surface area is 68.4 Å². The van der Waals surface area contributed by atoms with Crippen LogP contribution in [0.1, 0.15) is 26.7 Å². The molecule has 0 saturated carbocycles. The predicted molar refractivity (Wildman–Crippen MR) is 47.3 cm³/mol. The maximum atomic E-state index is 9.06. The molecular formula is C10H16O. The lowest BCUT2D eigenvalue weighted by Crippen LogP contribution is -2.03. The van der Waals surface area contributed by atoms with Crippen molar-refractivity contribution in [1.82, 2.24) is 0 Å². The molecule has 0 bridgehead atoms. The second-order valence-corrected chi connectivity index (χ2v) is 3.40. The van der Waals surface area contributed by atoms with Gasteiger partial charge < -0.3 is 5.11 Å². The zero-order chi connectivity index (χ0) is 8.43. The molecule has 1 aliphatic rings. The van der Waals surface area contributed by atoms with Gasteiger partial charge in [0, 0.05) is 5.92 Å². The molecule has 1 atom stereocenters. The molecule has 0 radical (unpaired) electrons. The zero-order valence-electron chi connectivity index (χ0n) is 7.35. The van der Waals surface area contributed by atoms with Gasteiger partial charge in [0.15, 0.2) is 0 Å². The highest BCUT2D eigenvalue weighted by Crippen LogP contribution is 2.35. The highest BCUT2D eigenvalue weighted by atomic mass is 16.3. The SMILES string of the molecule is C=C(C)C1CCC(C)=C1CO. The van der Waals surface area contributed by atoms with E-state index in [0.29, 0.717) is 5.92 Å². The van der Waals surface area contributed by atoms with Crippen LogP contribution in [0.3, 0.4) is 0 Å². The van der Waals surface area contributed by atoms with Crippen molar-refractivity contribution in [2.45, 2.75) is 26.7 Å². The van der Waals surface area contributed by atoms with Crippen molar-refractivity contribution >= 4 is 0 Å². The van der Waals surface area contributed by atoms with Crippen molar-refractivity contribution in [1.29, 1.82) is 0 Å². The van der Waals surface area contributed by atoms with Crippen LogP contribution < -0.4 is 0 Å². The molecule has 0 aliphatic heterocycles. The molecule has 0 amide bonds. The Morgan fingerprint density at radius 3 is 2.73 bits per heavy atom. The minimum absolute atomic E-state index is 0.212. The molecule has 1 aliphatic carbocycles. The fraction of sp³-hybridized carbons (Fsp3) is 0.600. The number of aliphatic hydroxyl groups excluding tert-OH is 1. The van der Waals surface area contributed by atoms with Crippen molar-refractivity contribution < 1.29 is 5.11 Å². The maximum absolute atomic E-state index is 9.06. The molecule has 1 nitrogen and oxygen atoms in total. The summed E-state index contributed by atoms with van der Waals surface area (Å²) < 4.78 is 0. The molecule has 62 valence electrons. The first-order valence-corrected chi connectivity index (χ1v) is 4.11. The number of allylic oxidation sites excluding steroid dienone is 2. The standard InChI is InChI=1S/C10H16O/c1-7(2)9-5-4-8(3)10(9)6-11/h9,11H,1,4-6H2,2-3H3. The van der Waals surface area contributed by atoms with E-state index in [1.165, 1.54) is 16.7 Å². The van der Waals surface area contributed by atoms with Crippen LogP contribution in [0.5, 0.6) is 0 Å². The number of rotatable bonds is 2. The topological polar surface area (TPSA) is 20.2 Å². The van der Waals surface area contributed by atoms with Crippen LogP contribution in [0.25, 0.3) is 0 Å². The normalized spacial score (nSPS) is 24.5. The molecule has 11 heavy (non-hydrogen) atoms. The summed E-state index contributed by atoms with van der Waals surface area (Å²) in [6, 6.07) is 0. The molecule has 0 aromatic carbocycles.